The van der Waals surface area contributed by atoms with Gasteiger partial charge < -0.3 is 10.6 Å². The van der Waals surface area contributed by atoms with E-state index in [2.05, 4.69) is 50.4 Å². The van der Waals surface area contributed by atoms with Crippen molar-refractivity contribution in [3.8, 4) is 0 Å². The van der Waals surface area contributed by atoms with E-state index in [0.717, 1.165) is 12.7 Å². The number of hydrogen-bond donors (Lipinski definition) is 2. The number of sulfone groups is 1. The van der Waals surface area contributed by atoms with Gasteiger partial charge in [0.2, 0.25) is 0 Å². The fraction of sp³-hybridized carbons (Fsp3) is 0.381. The van der Waals surface area contributed by atoms with E-state index in [1.165, 1.54) is 17.2 Å². The summed E-state index contributed by atoms with van der Waals surface area (Å²) < 4.78 is 23.7. The molecule has 146 valence electrons. The highest BCUT2D eigenvalue weighted by molar-refractivity contribution is 7.90. The Labute approximate surface area is 162 Å². The number of amides is 1. The minimum Gasteiger partial charge on any atom is -0.332 e. The summed E-state index contributed by atoms with van der Waals surface area (Å²) >= 11 is 0. The van der Waals surface area contributed by atoms with Crippen molar-refractivity contribution in [2.45, 2.75) is 38.1 Å². The van der Waals surface area contributed by atoms with Crippen molar-refractivity contribution in [1.82, 2.24) is 0 Å². The third-order valence-electron chi connectivity index (χ3n) is 4.61. The Morgan fingerprint density at radius 3 is 2.26 bits per heavy atom. The van der Waals surface area contributed by atoms with Crippen molar-refractivity contribution in [2.75, 3.05) is 18.1 Å². The van der Waals surface area contributed by atoms with Crippen LogP contribution in [0.3, 0.4) is 0 Å². The van der Waals surface area contributed by atoms with Gasteiger partial charge in [-0.1, -0.05) is 57.2 Å². The zero-order valence-corrected chi connectivity index (χ0v) is 17.2. The molecule has 5 nitrogen and oxygen atoms in total. The van der Waals surface area contributed by atoms with Crippen LogP contribution in [-0.2, 0) is 21.1 Å². The van der Waals surface area contributed by atoms with Gasteiger partial charge in [0.05, 0.1) is 10.6 Å². The Morgan fingerprint density at radius 2 is 1.70 bits per heavy atom. The van der Waals surface area contributed by atoms with Gasteiger partial charge in [0, 0.05) is 17.7 Å². The Balaban J connectivity index is 2.07. The molecule has 0 bridgehead atoms. The lowest BCUT2D eigenvalue weighted by Crippen LogP contribution is -2.88. The average molecular weight is 390 g/mol. The van der Waals surface area contributed by atoms with Crippen LogP contribution in [0.4, 0.5) is 5.69 Å². The predicted octanol–water partition coefficient (Wildman–Crippen LogP) is 2.55. The minimum absolute atomic E-state index is 0.133. The second-order valence-corrected chi connectivity index (χ2v) is 9.11. The first-order chi connectivity index (χ1) is 12.7. The van der Waals surface area contributed by atoms with E-state index in [4.69, 9.17) is 0 Å². The summed E-state index contributed by atoms with van der Waals surface area (Å²) in [4.78, 5) is 12.5. The van der Waals surface area contributed by atoms with Crippen LogP contribution >= 0.6 is 0 Å². The molecule has 2 aromatic rings. The molecule has 0 aliphatic heterocycles. The molecule has 0 aliphatic carbocycles. The van der Waals surface area contributed by atoms with Gasteiger partial charge >= 0.3 is 0 Å². The van der Waals surface area contributed by atoms with Gasteiger partial charge in [-0.25, -0.2) is 8.42 Å². The molecule has 0 unspecified atom stereocenters. The van der Waals surface area contributed by atoms with Crippen molar-refractivity contribution >= 4 is 21.4 Å². The molecular formula is C21H29N2O3S+. The van der Waals surface area contributed by atoms with Crippen molar-refractivity contribution in [1.29, 1.82) is 0 Å². The third-order valence-corrected chi connectivity index (χ3v) is 5.76. The molecule has 0 aromatic heterocycles. The summed E-state index contributed by atoms with van der Waals surface area (Å²) in [6, 6.07) is 15.1. The number of rotatable bonds is 8. The van der Waals surface area contributed by atoms with Gasteiger partial charge in [0.1, 0.15) is 6.04 Å². The molecule has 0 radical (unpaired) electrons. The van der Waals surface area contributed by atoms with Crippen LogP contribution in [0.5, 0.6) is 0 Å². The van der Waals surface area contributed by atoms with Crippen LogP contribution in [0, 0.1) is 5.92 Å². The Hall–Kier alpha value is -2.18. The maximum absolute atomic E-state index is 12.4. The number of hydrogen-bond acceptors (Lipinski definition) is 3. The van der Waals surface area contributed by atoms with E-state index < -0.39 is 9.84 Å². The lowest BCUT2D eigenvalue weighted by molar-refractivity contribution is -0.692. The number of nitrogens with two attached hydrogens (primary N) is 1. The first kappa shape index (κ1) is 21.1. The maximum Gasteiger partial charge on any atom is 0.279 e. The van der Waals surface area contributed by atoms with E-state index in [1.54, 1.807) is 18.2 Å². The normalized spacial score (nSPS) is 12.8. The molecule has 0 fully saturated rings. The number of carbonyl (C=O) groups excluding carboxylic acids is 1. The fourth-order valence-corrected chi connectivity index (χ4v) is 3.94. The summed E-state index contributed by atoms with van der Waals surface area (Å²) in [7, 11) is -3.40. The predicted molar refractivity (Wildman–Crippen MR) is 108 cm³/mol. The Morgan fingerprint density at radius 1 is 1.07 bits per heavy atom. The van der Waals surface area contributed by atoms with E-state index in [-0.39, 0.29) is 23.4 Å². The number of nitrogens with one attached hydrogen (secondary N) is 1. The number of para-hydroxylation sites is 1. The molecule has 0 saturated heterocycles. The second kappa shape index (κ2) is 9.15. The summed E-state index contributed by atoms with van der Waals surface area (Å²) in [5.41, 5.74) is 2.80. The Kier molecular flexibility index (Phi) is 7.16. The van der Waals surface area contributed by atoms with Crippen LogP contribution in [0.25, 0.3) is 0 Å². The molecule has 2 rings (SSSR count). The molecule has 6 heteroatoms. The van der Waals surface area contributed by atoms with Crippen molar-refractivity contribution in [2.24, 2.45) is 5.92 Å². The van der Waals surface area contributed by atoms with Gasteiger partial charge in [-0.05, 0) is 24.1 Å². The number of anilines is 1. The number of aryl methyl sites for hydroxylation is 1. The average Bonchev–Trinajstić information content (AvgIpc) is 2.61. The fourth-order valence-electron chi connectivity index (χ4n) is 3.10. The van der Waals surface area contributed by atoms with E-state index in [9.17, 15) is 13.2 Å². The largest absolute Gasteiger partial charge is 0.332 e. The monoisotopic (exact) mass is 389 g/mol. The van der Waals surface area contributed by atoms with Crippen LogP contribution < -0.4 is 10.6 Å². The van der Waals surface area contributed by atoms with E-state index in [0.29, 0.717) is 11.6 Å². The highest BCUT2D eigenvalue weighted by Gasteiger charge is 2.21. The third kappa shape index (κ3) is 5.91. The van der Waals surface area contributed by atoms with Crippen LogP contribution in [0.2, 0.25) is 0 Å². The molecule has 1 amide bonds. The van der Waals surface area contributed by atoms with Gasteiger partial charge in [0.25, 0.3) is 5.91 Å². The van der Waals surface area contributed by atoms with E-state index >= 15 is 0 Å². The van der Waals surface area contributed by atoms with Crippen molar-refractivity contribution < 1.29 is 18.5 Å². The molecule has 3 N–H and O–H groups in total. The maximum atomic E-state index is 12.4. The second-order valence-electron chi connectivity index (χ2n) is 7.12. The minimum atomic E-state index is -3.40. The smallest absolute Gasteiger partial charge is 0.279 e. The number of carbonyl (C=O) groups is 1. The highest BCUT2D eigenvalue weighted by atomic mass is 32.2. The van der Waals surface area contributed by atoms with Gasteiger partial charge in [-0.2, -0.15) is 0 Å². The first-order valence-corrected chi connectivity index (χ1v) is 11.1. The molecule has 1 atom stereocenters. The lowest BCUT2D eigenvalue weighted by Gasteiger charge is -2.20. The lowest BCUT2D eigenvalue weighted by atomic mass is 9.95. The topological polar surface area (TPSA) is 79.8 Å². The van der Waals surface area contributed by atoms with Crippen LogP contribution in [0.1, 0.15) is 37.9 Å². The first-order valence-electron chi connectivity index (χ1n) is 9.23. The zero-order chi connectivity index (χ0) is 20.0. The van der Waals surface area contributed by atoms with Gasteiger partial charge in [0.15, 0.2) is 16.4 Å². The molecule has 0 saturated carbocycles. The summed E-state index contributed by atoms with van der Waals surface area (Å²) in [6.45, 7) is 6.60. The highest BCUT2D eigenvalue weighted by Crippen LogP contribution is 2.21. The molecule has 0 spiro atoms. The number of benzene rings is 2. The van der Waals surface area contributed by atoms with Crippen LogP contribution in [0.15, 0.2) is 53.4 Å². The van der Waals surface area contributed by atoms with Crippen molar-refractivity contribution in [3.63, 3.8) is 0 Å². The summed E-state index contributed by atoms with van der Waals surface area (Å²) in [5, 5.41) is 4.74. The van der Waals surface area contributed by atoms with Gasteiger partial charge in [-0.15, -0.1) is 0 Å². The molecule has 0 heterocycles. The molecule has 0 aliphatic rings. The SMILES string of the molecule is CCc1ccc([C@H]([NH2+]CC(=O)Nc2ccccc2S(C)(=O)=O)C(C)C)cc1. The summed E-state index contributed by atoms with van der Waals surface area (Å²) in [6.07, 6.45) is 2.14. The molecule has 27 heavy (non-hydrogen) atoms. The van der Waals surface area contributed by atoms with Crippen molar-refractivity contribution in [3.05, 3.63) is 59.7 Å². The summed E-state index contributed by atoms with van der Waals surface area (Å²) in [5.74, 6) is 0.135. The Bertz CT molecular complexity index is 875. The molecule has 2 aromatic carbocycles. The van der Waals surface area contributed by atoms with Gasteiger partial charge in [-0.3, -0.25) is 4.79 Å². The quantitative estimate of drug-likeness (QED) is 0.728. The van der Waals surface area contributed by atoms with E-state index in [1.807, 2.05) is 5.32 Å². The van der Waals surface area contributed by atoms with Crippen LogP contribution in [-0.4, -0.2) is 27.1 Å². The zero-order valence-electron chi connectivity index (χ0n) is 16.4. The standard InChI is InChI=1S/C21H28N2O3S/c1-5-16-10-12-17(13-11-16)21(15(2)3)22-14-20(24)23-18-8-6-7-9-19(18)27(4,25)26/h6-13,15,21-22H,5,14H2,1-4H3,(H,23,24)/p+1/t21-/m1/s1. The number of quaternary nitrogens is 1. The molecular weight excluding hydrogens is 360 g/mol.